The van der Waals surface area contributed by atoms with Crippen LogP contribution in [0.2, 0.25) is 12.9 Å². The molecule has 3 aliphatic carbocycles. The topological polar surface area (TPSA) is 0 Å². The fourth-order valence-corrected chi connectivity index (χ4v) is 16.2. The predicted octanol–water partition coefficient (Wildman–Crippen LogP) is 6.86. The monoisotopic (exact) mass is 444 g/mol. The van der Waals surface area contributed by atoms with E-state index in [0.29, 0.717) is 0 Å². The molecule has 115 valence electrons. The molecule has 0 radical (unpaired) electrons. The Labute approximate surface area is 126 Å². The van der Waals surface area contributed by atoms with E-state index in [1.807, 2.05) is 0 Å². The quantitative estimate of drug-likeness (QED) is 0.446. The summed E-state index contributed by atoms with van der Waals surface area (Å²) in [5.41, 5.74) is 0. The van der Waals surface area contributed by atoms with Crippen LogP contribution in [0.5, 0.6) is 0 Å². The summed E-state index contributed by atoms with van der Waals surface area (Å²) in [6.45, 7) is 0. The van der Waals surface area contributed by atoms with Crippen molar-refractivity contribution in [2.45, 2.75) is 109 Å². The van der Waals surface area contributed by atoms with Crippen molar-refractivity contribution in [3.63, 3.8) is 0 Å². The van der Waals surface area contributed by atoms with Gasteiger partial charge < -0.3 is 0 Å². The van der Waals surface area contributed by atoms with Crippen LogP contribution in [0, 0.1) is 0 Å². The third-order valence-corrected chi connectivity index (χ3v) is 15.8. The van der Waals surface area contributed by atoms with E-state index < -0.39 is 17.3 Å². The zero-order valence-electron chi connectivity index (χ0n) is 12.7. The van der Waals surface area contributed by atoms with Crippen LogP contribution in [-0.4, -0.2) is 0 Å². The Morgan fingerprint density at radius 1 is 0.368 bits per heavy atom. The van der Waals surface area contributed by atoms with Gasteiger partial charge in [-0.25, -0.2) is 0 Å². The first kappa shape index (κ1) is 14.6. The van der Waals surface area contributed by atoms with E-state index in [4.69, 9.17) is 0 Å². The normalized spacial score (nSPS) is 29.4. The summed E-state index contributed by atoms with van der Waals surface area (Å²) in [6.07, 6.45) is 24.1. The molecule has 3 fully saturated rings. The summed E-state index contributed by atoms with van der Waals surface area (Å²) in [4.78, 5) is 0. The van der Waals surface area contributed by atoms with Crippen LogP contribution in [0.3, 0.4) is 0 Å². The van der Waals surface area contributed by atoms with Gasteiger partial charge in [0.2, 0.25) is 0 Å². The molecule has 3 aliphatic rings. The first-order valence-corrected chi connectivity index (χ1v) is 12.9. The van der Waals surface area contributed by atoms with Crippen molar-refractivity contribution in [2.75, 3.05) is 0 Å². The average Bonchev–Trinajstić information content (AvgIpc) is 2.51. The minimum atomic E-state index is -0.694. The fraction of sp³-hybridized carbons (Fsp3) is 1.00. The second kappa shape index (κ2) is 7.63. The zero-order valence-corrected chi connectivity index (χ0v) is 14.9. The van der Waals surface area contributed by atoms with E-state index >= 15 is 0 Å². The third kappa shape index (κ3) is 3.87. The molecule has 0 atom stereocenters. The minimum absolute atomic E-state index is 0.694. The summed E-state index contributed by atoms with van der Waals surface area (Å²) < 4.78 is 3.85. The molecule has 0 aromatic carbocycles. The van der Waals surface area contributed by atoms with Crippen molar-refractivity contribution in [3.05, 3.63) is 0 Å². The Morgan fingerprint density at radius 2 is 0.632 bits per heavy atom. The van der Waals surface area contributed by atoms with Gasteiger partial charge in [-0.3, -0.25) is 0 Å². The van der Waals surface area contributed by atoms with E-state index in [1.165, 1.54) is 12.9 Å². The fourth-order valence-electron chi connectivity index (χ4n) is 4.35. The van der Waals surface area contributed by atoms with Crippen LogP contribution >= 0.6 is 0 Å². The van der Waals surface area contributed by atoms with Crippen LogP contribution in [-0.2, 0) is 17.3 Å². The van der Waals surface area contributed by atoms with E-state index in [-0.39, 0.29) is 0 Å². The van der Waals surface area contributed by atoms with E-state index in [0.717, 1.165) is 0 Å². The van der Waals surface area contributed by atoms with Gasteiger partial charge in [0.05, 0.1) is 0 Å². The molecule has 19 heavy (non-hydrogen) atoms. The molecular weight excluding hydrogens is 411 g/mol. The molecule has 0 amide bonds. The number of hydrogen-bond donors (Lipinski definition) is 0. The molecule has 3 saturated carbocycles. The van der Waals surface area contributed by atoms with Gasteiger partial charge in [0, 0.05) is 0 Å². The van der Waals surface area contributed by atoms with Crippen molar-refractivity contribution in [2.24, 2.45) is 0 Å². The van der Waals surface area contributed by atoms with E-state index in [2.05, 4.69) is 0 Å². The van der Waals surface area contributed by atoms with Gasteiger partial charge in [0.25, 0.3) is 0 Å². The van der Waals surface area contributed by atoms with Crippen LogP contribution < -0.4 is 0 Å². The molecule has 0 nitrogen and oxygen atoms in total. The second-order valence-electron chi connectivity index (χ2n) is 6.87. The molecule has 3 rings (SSSR count). The van der Waals surface area contributed by atoms with Crippen molar-refractivity contribution in [1.82, 2.24) is 0 Å². The second-order valence-corrected chi connectivity index (χ2v) is 14.7. The summed E-state index contributed by atoms with van der Waals surface area (Å²) >= 11 is -0.694. The zero-order chi connectivity index (χ0) is 12.9. The predicted molar refractivity (Wildman–Crippen MR) is 80.5 cm³/mol. The number of rotatable bonds is 3. The molecule has 0 spiro atoms. The average molecular weight is 445 g/mol. The summed E-state index contributed by atoms with van der Waals surface area (Å²) in [5.74, 6) is 0. The molecule has 0 heterocycles. The Hall–Kier alpha value is 0.688. The van der Waals surface area contributed by atoms with Crippen LogP contribution in [0.15, 0.2) is 0 Å². The van der Waals surface area contributed by atoms with E-state index in [9.17, 15) is 0 Å². The standard InChI is InChI=1S/3C6H11.Pt/c3*1-2-4-6-5-3-1;/h3*1H,2-6H2;. The van der Waals surface area contributed by atoms with Crippen molar-refractivity contribution in [3.8, 4) is 0 Å². The molecule has 0 aromatic heterocycles. The maximum absolute atomic E-state index is 1.65. The summed E-state index contributed by atoms with van der Waals surface area (Å²) in [6, 6.07) is 0. The first-order chi connectivity index (χ1) is 9.45. The summed E-state index contributed by atoms with van der Waals surface area (Å²) in [5, 5.41) is 0. The van der Waals surface area contributed by atoms with Gasteiger partial charge in [-0.15, -0.1) is 0 Å². The van der Waals surface area contributed by atoms with Crippen LogP contribution in [0.25, 0.3) is 0 Å². The molecule has 0 saturated heterocycles. The van der Waals surface area contributed by atoms with Gasteiger partial charge in [-0.05, 0) is 0 Å². The summed E-state index contributed by atoms with van der Waals surface area (Å²) in [7, 11) is 0. The van der Waals surface area contributed by atoms with Gasteiger partial charge in [0.15, 0.2) is 0 Å². The third-order valence-electron chi connectivity index (χ3n) is 5.39. The van der Waals surface area contributed by atoms with Gasteiger partial charge in [0.1, 0.15) is 0 Å². The Kier molecular flexibility index (Phi) is 5.87. The van der Waals surface area contributed by atoms with Gasteiger partial charge >= 0.3 is 127 Å². The molecule has 1 heteroatoms. The van der Waals surface area contributed by atoms with Crippen molar-refractivity contribution >= 4 is 0 Å². The van der Waals surface area contributed by atoms with Crippen molar-refractivity contribution < 1.29 is 17.3 Å². The van der Waals surface area contributed by atoms with Crippen LogP contribution in [0.1, 0.15) is 96.3 Å². The van der Waals surface area contributed by atoms with Gasteiger partial charge in [-0.1, -0.05) is 0 Å². The Balaban J connectivity index is 1.68. The Morgan fingerprint density at radius 3 is 0.895 bits per heavy atom. The first-order valence-electron chi connectivity index (χ1n) is 9.00. The van der Waals surface area contributed by atoms with Gasteiger partial charge in [-0.2, -0.15) is 0 Å². The molecule has 0 aliphatic heterocycles. The van der Waals surface area contributed by atoms with Crippen molar-refractivity contribution in [1.29, 1.82) is 0 Å². The molecular formula is C18H33Pt. The van der Waals surface area contributed by atoms with Crippen LogP contribution in [0.4, 0.5) is 0 Å². The molecule has 0 unspecified atom stereocenters. The molecule has 0 bridgehead atoms. The molecule has 0 N–H and O–H groups in total. The maximum atomic E-state index is 1.65. The number of hydrogen-bond acceptors (Lipinski definition) is 0. The SMILES string of the molecule is C1CC[CH]([Pt]([CH]2CCCCC2)[CH]2CCCCC2)CC1. The molecule has 0 aromatic rings. The Bertz CT molecular complexity index is 202. The van der Waals surface area contributed by atoms with E-state index in [1.54, 1.807) is 96.3 Å².